The van der Waals surface area contributed by atoms with Crippen molar-refractivity contribution in [1.29, 1.82) is 0 Å². The summed E-state index contributed by atoms with van der Waals surface area (Å²) in [6.07, 6.45) is -1.07. The minimum Gasteiger partial charge on any atom is -0.333 e. The van der Waals surface area contributed by atoms with Gasteiger partial charge in [0.2, 0.25) is 0 Å². The van der Waals surface area contributed by atoms with Crippen molar-refractivity contribution in [3.05, 3.63) is 41.6 Å². The Morgan fingerprint density at radius 1 is 1.26 bits per heavy atom. The van der Waals surface area contributed by atoms with E-state index in [1.807, 2.05) is 11.5 Å². The van der Waals surface area contributed by atoms with E-state index in [1.54, 1.807) is 6.20 Å². The summed E-state index contributed by atoms with van der Waals surface area (Å²) in [5.41, 5.74) is -0.530. The number of halogens is 4. The molecule has 1 saturated heterocycles. The molecular weight excluding hydrogens is 360 g/mol. The average Bonchev–Trinajstić information content (AvgIpc) is 3.06. The lowest BCUT2D eigenvalue weighted by atomic mass is 9.97. The van der Waals surface area contributed by atoms with Crippen LogP contribution in [0.5, 0.6) is 0 Å². The zero-order valence-electron chi connectivity index (χ0n) is 15.2. The van der Waals surface area contributed by atoms with Crippen molar-refractivity contribution >= 4 is 0 Å². The fourth-order valence-corrected chi connectivity index (χ4v) is 3.43. The zero-order chi connectivity index (χ0) is 19.4. The summed E-state index contributed by atoms with van der Waals surface area (Å²) in [6.45, 7) is 6.10. The Kier molecular flexibility index (Phi) is 6.16. The van der Waals surface area contributed by atoms with Gasteiger partial charge in [0.1, 0.15) is 11.6 Å². The number of nitrogens with zero attached hydrogens (tertiary/aromatic N) is 2. The maximum Gasteiger partial charge on any atom is 0.419 e. The maximum atomic E-state index is 13.6. The molecule has 0 unspecified atom stereocenters. The van der Waals surface area contributed by atoms with Crippen LogP contribution < -0.4 is 10.6 Å². The van der Waals surface area contributed by atoms with Crippen molar-refractivity contribution in [2.24, 2.45) is 0 Å². The Balaban J connectivity index is 1.95. The molecular formula is C19H24F4N4. The number of hydrogen-bond acceptors (Lipinski definition) is 3. The van der Waals surface area contributed by atoms with Crippen LogP contribution in [-0.2, 0) is 12.7 Å². The van der Waals surface area contributed by atoms with Gasteiger partial charge in [0.05, 0.1) is 11.3 Å². The van der Waals surface area contributed by atoms with Crippen molar-refractivity contribution in [1.82, 2.24) is 20.2 Å². The van der Waals surface area contributed by atoms with E-state index >= 15 is 0 Å². The second kappa shape index (κ2) is 8.39. The molecule has 27 heavy (non-hydrogen) atoms. The second-order valence-electron chi connectivity index (χ2n) is 6.75. The first kappa shape index (κ1) is 19.8. The normalized spacial score (nSPS) is 16.0. The highest BCUT2D eigenvalue weighted by molar-refractivity contribution is 5.60. The molecule has 1 aromatic heterocycles. The topological polar surface area (TPSA) is 41.9 Å². The number of imidazole rings is 1. The van der Waals surface area contributed by atoms with Gasteiger partial charge in [-0.05, 0) is 50.7 Å². The molecule has 0 amide bonds. The quantitative estimate of drug-likeness (QED) is 0.588. The molecule has 2 N–H and O–H groups in total. The second-order valence-corrected chi connectivity index (χ2v) is 6.75. The van der Waals surface area contributed by atoms with E-state index in [1.165, 1.54) is 6.07 Å². The first-order valence-corrected chi connectivity index (χ1v) is 9.25. The first-order valence-electron chi connectivity index (χ1n) is 9.25. The highest BCUT2D eigenvalue weighted by Crippen LogP contribution is 2.35. The monoisotopic (exact) mass is 384 g/mol. The average molecular weight is 384 g/mol. The molecule has 0 atom stereocenters. The lowest BCUT2D eigenvalue weighted by Crippen LogP contribution is -2.29. The Hall–Kier alpha value is -1.93. The molecule has 2 aromatic rings. The van der Waals surface area contributed by atoms with E-state index in [0.29, 0.717) is 12.2 Å². The summed E-state index contributed by atoms with van der Waals surface area (Å²) in [4.78, 5) is 4.65. The molecule has 0 bridgehead atoms. The predicted molar refractivity (Wildman–Crippen MR) is 96.0 cm³/mol. The van der Waals surface area contributed by atoms with Gasteiger partial charge in [0.15, 0.2) is 0 Å². The number of hydrogen-bond donors (Lipinski definition) is 2. The molecule has 4 nitrogen and oxygen atoms in total. The standard InChI is InChI=1S/C19H24F4N4/c1-2-24-9-10-27-12-17(26-18(27)13-5-7-25-8-6-13)14-3-4-16(20)15(11-14)19(21,22)23/h3-4,11-13,24-25H,2,5-10H2,1H3. The summed E-state index contributed by atoms with van der Waals surface area (Å²) in [7, 11) is 0. The molecule has 1 aromatic carbocycles. The molecule has 0 radical (unpaired) electrons. The van der Waals surface area contributed by atoms with Crippen molar-refractivity contribution in [2.45, 2.75) is 38.4 Å². The Morgan fingerprint density at radius 2 is 2.00 bits per heavy atom. The predicted octanol–water partition coefficient (Wildman–Crippen LogP) is 3.78. The number of benzene rings is 1. The summed E-state index contributed by atoms with van der Waals surface area (Å²) in [5.74, 6) is -0.108. The van der Waals surface area contributed by atoms with Gasteiger partial charge < -0.3 is 15.2 Å². The van der Waals surface area contributed by atoms with E-state index in [9.17, 15) is 17.6 Å². The Labute approximate surface area is 156 Å². The summed E-state index contributed by atoms with van der Waals surface area (Å²) in [5, 5.41) is 6.56. The lowest BCUT2D eigenvalue weighted by molar-refractivity contribution is -0.139. The zero-order valence-corrected chi connectivity index (χ0v) is 15.2. The van der Waals surface area contributed by atoms with Crippen LogP contribution >= 0.6 is 0 Å². The van der Waals surface area contributed by atoms with Crippen LogP contribution in [0.3, 0.4) is 0 Å². The summed E-state index contributed by atoms with van der Waals surface area (Å²) >= 11 is 0. The lowest BCUT2D eigenvalue weighted by Gasteiger charge is -2.23. The molecule has 1 aliphatic heterocycles. The van der Waals surface area contributed by atoms with Gasteiger partial charge in [-0.25, -0.2) is 9.37 Å². The SMILES string of the molecule is CCNCCn1cc(-c2ccc(F)c(C(F)(F)F)c2)nc1C1CCNCC1. The van der Waals surface area contributed by atoms with Crippen molar-refractivity contribution < 1.29 is 17.6 Å². The number of piperidine rings is 1. The minimum atomic E-state index is -4.73. The van der Waals surface area contributed by atoms with Crippen molar-refractivity contribution in [2.75, 3.05) is 26.2 Å². The fourth-order valence-electron chi connectivity index (χ4n) is 3.43. The van der Waals surface area contributed by atoms with E-state index < -0.39 is 17.6 Å². The van der Waals surface area contributed by atoms with Crippen molar-refractivity contribution in [3.8, 4) is 11.3 Å². The van der Waals surface area contributed by atoms with Gasteiger partial charge in [-0.3, -0.25) is 0 Å². The van der Waals surface area contributed by atoms with Crippen LogP contribution in [0, 0.1) is 5.82 Å². The van der Waals surface area contributed by atoms with E-state index in [0.717, 1.165) is 57.0 Å². The van der Waals surface area contributed by atoms with Crippen LogP contribution in [0.25, 0.3) is 11.3 Å². The molecule has 2 heterocycles. The van der Waals surface area contributed by atoms with Gasteiger partial charge >= 0.3 is 6.18 Å². The van der Waals surface area contributed by atoms with Gasteiger partial charge in [0, 0.05) is 30.8 Å². The van der Waals surface area contributed by atoms with Crippen LogP contribution in [0.4, 0.5) is 17.6 Å². The number of rotatable bonds is 6. The minimum absolute atomic E-state index is 0.268. The van der Waals surface area contributed by atoms with E-state index in [4.69, 9.17) is 0 Å². The molecule has 0 aliphatic carbocycles. The van der Waals surface area contributed by atoms with Gasteiger partial charge in [-0.15, -0.1) is 0 Å². The van der Waals surface area contributed by atoms with Crippen LogP contribution in [0.15, 0.2) is 24.4 Å². The van der Waals surface area contributed by atoms with E-state index in [-0.39, 0.29) is 11.5 Å². The van der Waals surface area contributed by atoms with E-state index in [2.05, 4.69) is 15.6 Å². The smallest absolute Gasteiger partial charge is 0.333 e. The third kappa shape index (κ3) is 4.68. The molecule has 8 heteroatoms. The maximum absolute atomic E-state index is 13.6. The Morgan fingerprint density at radius 3 is 2.67 bits per heavy atom. The number of likely N-dealkylation sites (N-methyl/N-ethyl adjacent to an activating group) is 1. The highest BCUT2D eigenvalue weighted by Gasteiger charge is 2.34. The third-order valence-electron chi connectivity index (χ3n) is 4.86. The van der Waals surface area contributed by atoms with Gasteiger partial charge in [-0.1, -0.05) is 6.92 Å². The van der Waals surface area contributed by atoms with Crippen LogP contribution in [-0.4, -0.2) is 35.7 Å². The van der Waals surface area contributed by atoms with Gasteiger partial charge in [-0.2, -0.15) is 13.2 Å². The third-order valence-corrected chi connectivity index (χ3v) is 4.86. The first-order chi connectivity index (χ1) is 12.9. The number of alkyl halides is 3. The molecule has 1 aliphatic rings. The van der Waals surface area contributed by atoms with Crippen LogP contribution in [0.2, 0.25) is 0 Å². The largest absolute Gasteiger partial charge is 0.419 e. The highest BCUT2D eigenvalue weighted by atomic mass is 19.4. The summed E-state index contributed by atoms with van der Waals surface area (Å²) < 4.78 is 54.8. The van der Waals surface area contributed by atoms with Crippen LogP contribution in [0.1, 0.15) is 37.1 Å². The Bertz CT molecular complexity index is 764. The molecule has 0 spiro atoms. The molecule has 3 rings (SSSR count). The summed E-state index contributed by atoms with van der Waals surface area (Å²) in [6, 6.07) is 3.06. The fraction of sp³-hybridized carbons (Fsp3) is 0.526. The number of nitrogens with one attached hydrogen (secondary N) is 2. The van der Waals surface area contributed by atoms with Gasteiger partial charge in [0.25, 0.3) is 0 Å². The molecule has 1 fully saturated rings. The molecule has 0 saturated carbocycles. The van der Waals surface area contributed by atoms with Crippen molar-refractivity contribution in [3.63, 3.8) is 0 Å². The number of aromatic nitrogens is 2. The molecule has 148 valence electrons.